The minimum Gasteiger partial charge on any atom is -0.467 e. The molecule has 1 aromatic rings. The van der Waals surface area contributed by atoms with Crippen molar-refractivity contribution in [3.05, 3.63) is 30.1 Å². The summed E-state index contributed by atoms with van der Waals surface area (Å²) in [5.41, 5.74) is 0.399. The largest absolute Gasteiger partial charge is 0.467 e. The van der Waals surface area contributed by atoms with Gasteiger partial charge in [0.1, 0.15) is 6.04 Å². The van der Waals surface area contributed by atoms with E-state index in [0.29, 0.717) is 5.56 Å². The lowest BCUT2D eigenvalue weighted by molar-refractivity contribution is -0.143. The SMILES string of the molecule is COC(=O)[C@H](CCC#N)NC(=O)c1ccncc1. The van der Waals surface area contributed by atoms with Gasteiger partial charge in [-0.25, -0.2) is 4.79 Å². The zero-order valence-electron chi connectivity index (χ0n) is 9.92. The highest BCUT2D eigenvalue weighted by Crippen LogP contribution is 2.02. The number of carbonyl (C=O) groups excluding carboxylic acids is 2. The number of nitrogens with zero attached hydrogens (tertiary/aromatic N) is 2. The number of esters is 1. The van der Waals surface area contributed by atoms with Crippen LogP contribution in [0.3, 0.4) is 0 Å². The zero-order valence-corrected chi connectivity index (χ0v) is 9.92. The van der Waals surface area contributed by atoms with Gasteiger partial charge in [-0.3, -0.25) is 9.78 Å². The third kappa shape index (κ3) is 3.87. The summed E-state index contributed by atoms with van der Waals surface area (Å²) in [6.07, 6.45) is 3.35. The van der Waals surface area contributed by atoms with Gasteiger partial charge in [0.15, 0.2) is 0 Å². The number of pyridine rings is 1. The second-order valence-electron chi connectivity index (χ2n) is 3.48. The number of aromatic nitrogens is 1. The van der Waals surface area contributed by atoms with Crippen molar-refractivity contribution in [2.24, 2.45) is 0 Å². The van der Waals surface area contributed by atoms with E-state index in [-0.39, 0.29) is 12.8 Å². The van der Waals surface area contributed by atoms with Gasteiger partial charge in [0.05, 0.1) is 13.2 Å². The van der Waals surface area contributed by atoms with E-state index in [0.717, 1.165) is 0 Å². The Hall–Kier alpha value is -2.42. The quantitative estimate of drug-likeness (QED) is 0.771. The first kappa shape index (κ1) is 13.6. The number of nitrogens with one attached hydrogen (secondary N) is 1. The molecule has 0 aromatic carbocycles. The van der Waals surface area contributed by atoms with Crippen LogP contribution in [0, 0.1) is 11.3 Å². The van der Waals surface area contributed by atoms with E-state index in [1.807, 2.05) is 6.07 Å². The number of rotatable bonds is 5. The summed E-state index contributed by atoms with van der Waals surface area (Å²) >= 11 is 0. The Morgan fingerprint density at radius 2 is 2.17 bits per heavy atom. The van der Waals surface area contributed by atoms with Crippen molar-refractivity contribution in [1.82, 2.24) is 10.3 Å². The van der Waals surface area contributed by atoms with Gasteiger partial charge in [-0.05, 0) is 18.6 Å². The molecule has 94 valence electrons. The topological polar surface area (TPSA) is 92.1 Å². The molecule has 6 nitrogen and oxygen atoms in total. The first-order valence-electron chi connectivity index (χ1n) is 5.34. The average Bonchev–Trinajstić information content (AvgIpc) is 2.43. The standard InChI is InChI=1S/C12H13N3O3/c1-18-12(17)10(3-2-6-13)15-11(16)9-4-7-14-8-5-9/h4-5,7-8,10H,2-3H2,1H3,(H,15,16)/t10-/m0/s1. The molecule has 0 aliphatic carbocycles. The van der Waals surface area contributed by atoms with Gasteiger partial charge in [0.2, 0.25) is 0 Å². The lowest BCUT2D eigenvalue weighted by Crippen LogP contribution is -2.41. The van der Waals surface area contributed by atoms with Gasteiger partial charge in [0.25, 0.3) is 5.91 Å². The fourth-order valence-electron chi connectivity index (χ4n) is 1.34. The van der Waals surface area contributed by atoms with E-state index < -0.39 is 17.9 Å². The molecule has 1 amide bonds. The van der Waals surface area contributed by atoms with Crippen molar-refractivity contribution >= 4 is 11.9 Å². The molecule has 18 heavy (non-hydrogen) atoms. The molecule has 1 atom stereocenters. The van der Waals surface area contributed by atoms with E-state index in [2.05, 4.69) is 15.0 Å². The molecule has 1 rings (SSSR count). The predicted octanol–water partition coefficient (Wildman–Crippen LogP) is 0.657. The molecule has 0 unspecified atom stereocenters. The molecule has 1 heterocycles. The highest BCUT2D eigenvalue weighted by molar-refractivity contribution is 5.96. The summed E-state index contributed by atoms with van der Waals surface area (Å²) < 4.78 is 4.57. The number of hydrogen-bond acceptors (Lipinski definition) is 5. The van der Waals surface area contributed by atoms with Crippen molar-refractivity contribution < 1.29 is 14.3 Å². The maximum Gasteiger partial charge on any atom is 0.328 e. The molecule has 6 heteroatoms. The summed E-state index contributed by atoms with van der Waals surface area (Å²) in [4.78, 5) is 27.0. The first-order valence-corrected chi connectivity index (χ1v) is 5.34. The Bertz CT molecular complexity index is 453. The Kier molecular flexibility index (Phi) is 5.32. The van der Waals surface area contributed by atoms with Crippen LogP contribution in [0.4, 0.5) is 0 Å². The van der Waals surface area contributed by atoms with Gasteiger partial charge < -0.3 is 10.1 Å². The highest BCUT2D eigenvalue weighted by Gasteiger charge is 2.21. The van der Waals surface area contributed by atoms with Crippen LogP contribution in [0.15, 0.2) is 24.5 Å². The van der Waals surface area contributed by atoms with Gasteiger partial charge in [0, 0.05) is 24.4 Å². The van der Waals surface area contributed by atoms with Crippen LogP contribution in [-0.2, 0) is 9.53 Å². The number of amides is 1. The summed E-state index contributed by atoms with van der Waals surface area (Å²) in [6.45, 7) is 0. The van der Waals surface area contributed by atoms with Crippen LogP contribution in [0.1, 0.15) is 23.2 Å². The van der Waals surface area contributed by atoms with E-state index in [1.54, 1.807) is 0 Å². The fraction of sp³-hybridized carbons (Fsp3) is 0.333. The minimum absolute atomic E-state index is 0.163. The Labute approximate surface area is 105 Å². The summed E-state index contributed by atoms with van der Waals surface area (Å²) in [5, 5.41) is 11.0. The minimum atomic E-state index is -0.810. The normalized spacial score (nSPS) is 11.1. The van der Waals surface area contributed by atoms with Crippen molar-refractivity contribution in [3.8, 4) is 6.07 Å². The van der Waals surface area contributed by atoms with Crippen molar-refractivity contribution in [3.63, 3.8) is 0 Å². The monoisotopic (exact) mass is 247 g/mol. The lowest BCUT2D eigenvalue weighted by atomic mass is 10.1. The van der Waals surface area contributed by atoms with Crippen LogP contribution in [0.5, 0.6) is 0 Å². The summed E-state index contributed by atoms with van der Waals surface area (Å²) in [7, 11) is 1.24. The number of hydrogen-bond donors (Lipinski definition) is 1. The highest BCUT2D eigenvalue weighted by atomic mass is 16.5. The maximum atomic E-state index is 11.8. The number of methoxy groups -OCH3 is 1. The number of nitriles is 1. The molecule has 0 fully saturated rings. The molecule has 0 bridgehead atoms. The Balaban J connectivity index is 2.69. The third-order valence-corrected chi connectivity index (χ3v) is 2.28. The Morgan fingerprint density at radius 1 is 1.50 bits per heavy atom. The molecule has 0 saturated carbocycles. The third-order valence-electron chi connectivity index (χ3n) is 2.28. The van der Waals surface area contributed by atoms with Crippen molar-refractivity contribution in [1.29, 1.82) is 5.26 Å². The molecule has 0 spiro atoms. The molecular weight excluding hydrogens is 234 g/mol. The van der Waals surface area contributed by atoms with E-state index in [9.17, 15) is 9.59 Å². The molecule has 0 aliphatic rings. The van der Waals surface area contributed by atoms with Crippen molar-refractivity contribution in [2.75, 3.05) is 7.11 Å². The van der Waals surface area contributed by atoms with E-state index in [1.165, 1.54) is 31.6 Å². The molecule has 0 radical (unpaired) electrons. The molecule has 1 aromatic heterocycles. The van der Waals surface area contributed by atoms with Crippen molar-refractivity contribution in [2.45, 2.75) is 18.9 Å². The van der Waals surface area contributed by atoms with E-state index in [4.69, 9.17) is 5.26 Å². The van der Waals surface area contributed by atoms with Crippen LogP contribution in [0.25, 0.3) is 0 Å². The number of carbonyl (C=O) groups is 2. The summed E-state index contributed by atoms with van der Waals surface area (Å²) in [6, 6.07) is 4.18. The smallest absolute Gasteiger partial charge is 0.328 e. The van der Waals surface area contributed by atoms with E-state index >= 15 is 0 Å². The van der Waals surface area contributed by atoms with Gasteiger partial charge >= 0.3 is 5.97 Å². The second kappa shape index (κ2) is 7.01. The van der Waals surface area contributed by atoms with Crippen LogP contribution in [0.2, 0.25) is 0 Å². The maximum absolute atomic E-state index is 11.8. The van der Waals surface area contributed by atoms with Crippen LogP contribution in [-0.4, -0.2) is 30.0 Å². The molecule has 0 saturated heterocycles. The van der Waals surface area contributed by atoms with Gasteiger partial charge in [-0.1, -0.05) is 0 Å². The van der Waals surface area contributed by atoms with Crippen LogP contribution >= 0.6 is 0 Å². The van der Waals surface area contributed by atoms with Gasteiger partial charge in [-0.2, -0.15) is 5.26 Å². The first-order chi connectivity index (χ1) is 8.69. The van der Waals surface area contributed by atoms with Crippen LogP contribution < -0.4 is 5.32 Å². The number of ether oxygens (including phenoxy) is 1. The molecule has 0 aliphatic heterocycles. The second-order valence-corrected chi connectivity index (χ2v) is 3.48. The fourth-order valence-corrected chi connectivity index (χ4v) is 1.34. The molecular formula is C12H13N3O3. The zero-order chi connectivity index (χ0) is 13.4. The average molecular weight is 247 g/mol. The predicted molar refractivity (Wildman–Crippen MR) is 62.4 cm³/mol. The lowest BCUT2D eigenvalue weighted by Gasteiger charge is -2.14. The van der Waals surface area contributed by atoms with Gasteiger partial charge in [-0.15, -0.1) is 0 Å². The molecule has 1 N–H and O–H groups in total. The Morgan fingerprint density at radius 3 is 2.72 bits per heavy atom. The summed E-state index contributed by atoms with van der Waals surface area (Å²) in [5.74, 6) is -0.960.